The van der Waals surface area contributed by atoms with Gasteiger partial charge in [-0.1, -0.05) is 39.3 Å². The molecule has 0 saturated heterocycles. The first kappa shape index (κ1) is 20.7. The van der Waals surface area contributed by atoms with Crippen molar-refractivity contribution in [2.24, 2.45) is 28.6 Å². The van der Waals surface area contributed by atoms with Crippen molar-refractivity contribution in [3.8, 4) is 0 Å². The van der Waals surface area contributed by atoms with E-state index in [2.05, 4.69) is 39.1 Å². The van der Waals surface area contributed by atoms with Crippen molar-refractivity contribution in [1.82, 2.24) is 5.32 Å². The highest BCUT2D eigenvalue weighted by molar-refractivity contribution is 6.01. The number of carbonyl (C=O) groups is 2. The van der Waals surface area contributed by atoms with Crippen LogP contribution in [0.3, 0.4) is 0 Å². The van der Waals surface area contributed by atoms with Crippen molar-refractivity contribution in [2.45, 2.75) is 84.7 Å². The number of rotatable bonds is 4. The fourth-order valence-electron chi connectivity index (χ4n) is 7.55. The SMILES string of the molecule is CCCNC(=O)O[C@]1(CC)CC[C@H]2[C@@H]3CCC4=CC(=O)C=C[C@]4(C)[C@H]3CC[C@@]21C. The molecule has 0 bridgehead atoms. The molecule has 4 aliphatic rings. The normalized spacial score (nSPS) is 43.1. The molecule has 0 aliphatic heterocycles. The van der Waals surface area contributed by atoms with E-state index < -0.39 is 0 Å². The van der Waals surface area contributed by atoms with Crippen molar-refractivity contribution in [3.05, 3.63) is 23.8 Å². The molecule has 4 aliphatic carbocycles. The fourth-order valence-corrected chi connectivity index (χ4v) is 7.55. The average Bonchev–Trinajstić information content (AvgIpc) is 2.99. The second-order valence-corrected chi connectivity index (χ2v) is 10.3. The Bertz CT molecular complexity index is 755. The maximum absolute atomic E-state index is 12.5. The van der Waals surface area contributed by atoms with Gasteiger partial charge in [0, 0.05) is 17.4 Å². The van der Waals surface area contributed by atoms with Crippen molar-refractivity contribution >= 4 is 11.9 Å². The third-order valence-corrected chi connectivity index (χ3v) is 9.22. The molecular weight excluding hydrogens is 362 g/mol. The van der Waals surface area contributed by atoms with Crippen molar-refractivity contribution in [3.63, 3.8) is 0 Å². The number of ketones is 1. The first-order chi connectivity index (χ1) is 13.8. The number of ether oxygens (including phenoxy) is 1. The predicted molar refractivity (Wildman–Crippen MR) is 114 cm³/mol. The molecule has 3 fully saturated rings. The maximum atomic E-state index is 12.5. The first-order valence-corrected chi connectivity index (χ1v) is 11.7. The fraction of sp³-hybridized carbons (Fsp3) is 0.760. The Labute approximate surface area is 175 Å². The molecule has 0 aromatic heterocycles. The number of allylic oxidation sites excluding steroid dienone is 4. The van der Waals surface area contributed by atoms with Gasteiger partial charge in [-0.3, -0.25) is 4.79 Å². The van der Waals surface area contributed by atoms with E-state index in [1.165, 1.54) is 5.57 Å². The summed E-state index contributed by atoms with van der Waals surface area (Å²) >= 11 is 0. The lowest BCUT2D eigenvalue weighted by Gasteiger charge is -2.58. The van der Waals surface area contributed by atoms with Gasteiger partial charge in [-0.25, -0.2) is 4.79 Å². The molecule has 4 heteroatoms. The molecule has 6 atom stereocenters. The van der Waals surface area contributed by atoms with Gasteiger partial charge in [0.25, 0.3) is 0 Å². The summed E-state index contributed by atoms with van der Waals surface area (Å²) in [5, 5.41) is 2.93. The monoisotopic (exact) mass is 399 g/mol. The standard InChI is InChI=1S/C25H37NO3/c1-5-15-26-22(28)29-25(6-2)14-11-21-19-8-7-17-16-18(27)9-12-23(17,3)20(19)10-13-24(21,25)4/h9,12,16,19-21H,5-8,10-11,13-15H2,1-4H3,(H,26,28)/t19-,20+,21+,23+,24+,25-/m1/s1. The molecular formula is C25H37NO3. The second-order valence-electron chi connectivity index (χ2n) is 10.3. The molecule has 0 radical (unpaired) electrons. The van der Waals surface area contributed by atoms with Gasteiger partial charge in [-0.2, -0.15) is 0 Å². The summed E-state index contributed by atoms with van der Waals surface area (Å²) in [5.41, 5.74) is 1.05. The van der Waals surface area contributed by atoms with Gasteiger partial charge in [0.05, 0.1) is 0 Å². The van der Waals surface area contributed by atoms with Crippen LogP contribution in [0.1, 0.15) is 79.1 Å². The van der Waals surface area contributed by atoms with Crippen LogP contribution >= 0.6 is 0 Å². The Morgan fingerprint density at radius 3 is 2.66 bits per heavy atom. The molecule has 0 spiro atoms. The molecule has 0 heterocycles. The van der Waals surface area contributed by atoms with Crippen LogP contribution in [0.4, 0.5) is 4.79 Å². The second kappa shape index (κ2) is 7.28. The molecule has 1 amide bonds. The number of amides is 1. The van der Waals surface area contributed by atoms with E-state index in [1.54, 1.807) is 6.08 Å². The lowest BCUT2D eigenvalue weighted by Crippen LogP contribution is -2.56. The van der Waals surface area contributed by atoms with Crippen LogP contribution in [0.15, 0.2) is 23.8 Å². The zero-order valence-electron chi connectivity index (χ0n) is 18.6. The van der Waals surface area contributed by atoms with Crippen LogP contribution in [0, 0.1) is 28.6 Å². The smallest absolute Gasteiger partial charge is 0.407 e. The summed E-state index contributed by atoms with van der Waals surface area (Å²) in [4.78, 5) is 24.4. The molecule has 0 unspecified atom stereocenters. The van der Waals surface area contributed by atoms with Crippen LogP contribution in [0.2, 0.25) is 0 Å². The number of hydrogen-bond acceptors (Lipinski definition) is 3. The first-order valence-electron chi connectivity index (χ1n) is 11.7. The van der Waals surface area contributed by atoms with Crippen molar-refractivity contribution in [1.29, 1.82) is 0 Å². The number of nitrogens with one attached hydrogen (secondary N) is 1. The molecule has 3 saturated carbocycles. The van der Waals surface area contributed by atoms with Gasteiger partial charge in [0.1, 0.15) is 5.60 Å². The van der Waals surface area contributed by atoms with Gasteiger partial charge >= 0.3 is 6.09 Å². The van der Waals surface area contributed by atoms with Crippen LogP contribution in [0.5, 0.6) is 0 Å². The van der Waals surface area contributed by atoms with Crippen molar-refractivity contribution in [2.75, 3.05) is 6.54 Å². The molecule has 160 valence electrons. The lowest BCUT2D eigenvalue weighted by molar-refractivity contribution is -0.126. The summed E-state index contributed by atoms with van der Waals surface area (Å²) in [6.07, 6.45) is 14.0. The zero-order chi connectivity index (χ0) is 20.9. The molecule has 1 N–H and O–H groups in total. The summed E-state index contributed by atoms with van der Waals surface area (Å²) in [5.74, 6) is 1.97. The van der Waals surface area contributed by atoms with E-state index >= 15 is 0 Å². The van der Waals surface area contributed by atoms with Gasteiger partial charge < -0.3 is 10.1 Å². The van der Waals surface area contributed by atoms with Gasteiger partial charge in [-0.05, 0) is 81.3 Å². The van der Waals surface area contributed by atoms with Crippen LogP contribution in [-0.4, -0.2) is 24.0 Å². The minimum Gasteiger partial charge on any atom is -0.442 e. The summed E-state index contributed by atoms with van der Waals surface area (Å²) in [6, 6.07) is 0. The van der Waals surface area contributed by atoms with E-state index in [-0.39, 0.29) is 28.3 Å². The molecule has 0 aromatic carbocycles. The number of carbonyl (C=O) groups excluding carboxylic acids is 2. The Kier molecular flexibility index (Phi) is 5.19. The summed E-state index contributed by atoms with van der Waals surface area (Å²) < 4.78 is 6.23. The highest BCUT2D eigenvalue weighted by Crippen LogP contribution is 2.68. The number of hydrogen-bond donors (Lipinski definition) is 1. The topological polar surface area (TPSA) is 55.4 Å². The Morgan fingerprint density at radius 2 is 1.93 bits per heavy atom. The highest BCUT2D eigenvalue weighted by Gasteiger charge is 2.65. The van der Waals surface area contributed by atoms with Gasteiger partial charge in [0.2, 0.25) is 0 Å². The summed E-state index contributed by atoms with van der Waals surface area (Å²) in [6.45, 7) is 9.65. The van der Waals surface area contributed by atoms with Crippen LogP contribution < -0.4 is 5.32 Å². The average molecular weight is 400 g/mol. The van der Waals surface area contributed by atoms with Crippen LogP contribution in [0.25, 0.3) is 0 Å². The minimum atomic E-state index is -0.351. The maximum Gasteiger partial charge on any atom is 0.407 e. The molecule has 4 nitrogen and oxygen atoms in total. The minimum absolute atomic E-state index is 0.0228. The van der Waals surface area contributed by atoms with E-state index in [1.807, 2.05) is 6.08 Å². The van der Waals surface area contributed by atoms with Gasteiger partial charge in [-0.15, -0.1) is 0 Å². The molecule has 0 aromatic rings. The quantitative estimate of drug-likeness (QED) is 0.671. The van der Waals surface area contributed by atoms with E-state index in [4.69, 9.17) is 4.74 Å². The zero-order valence-corrected chi connectivity index (χ0v) is 18.6. The third kappa shape index (κ3) is 3.00. The Morgan fingerprint density at radius 1 is 1.17 bits per heavy atom. The van der Waals surface area contributed by atoms with E-state index in [0.717, 1.165) is 51.4 Å². The van der Waals surface area contributed by atoms with E-state index in [0.29, 0.717) is 24.3 Å². The molecule has 29 heavy (non-hydrogen) atoms. The number of alkyl carbamates (subject to hydrolysis) is 1. The third-order valence-electron chi connectivity index (χ3n) is 9.22. The van der Waals surface area contributed by atoms with E-state index in [9.17, 15) is 9.59 Å². The van der Waals surface area contributed by atoms with Gasteiger partial charge in [0.15, 0.2) is 5.78 Å². The number of fused-ring (bicyclic) bond motifs is 5. The summed E-state index contributed by atoms with van der Waals surface area (Å²) in [7, 11) is 0. The highest BCUT2D eigenvalue weighted by atomic mass is 16.6. The predicted octanol–water partition coefficient (Wildman–Crippen LogP) is 5.58. The lowest BCUT2D eigenvalue weighted by atomic mass is 9.47. The Hall–Kier alpha value is -1.58. The Balaban J connectivity index is 1.60. The van der Waals surface area contributed by atoms with Crippen LogP contribution in [-0.2, 0) is 9.53 Å². The van der Waals surface area contributed by atoms with Crippen molar-refractivity contribution < 1.29 is 14.3 Å². The largest absolute Gasteiger partial charge is 0.442 e. The molecule has 4 rings (SSSR count).